The molecule has 0 saturated heterocycles. The molecule has 1 saturated carbocycles. The highest BCUT2D eigenvalue weighted by molar-refractivity contribution is 7.89. The van der Waals surface area contributed by atoms with E-state index in [0.717, 1.165) is 12.8 Å². The second kappa shape index (κ2) is 9.80. The molecule has 3 rings (SSSR count). The fourth-order valence-electron chi connectivity index (χ4n) is 2.94. The summed E-state index contributed by atoms with van der Waals surface area (Å²) in [6, 6.07) is 10.5. The molecule has 1 fully saturated rings. The first-order valence-corrected chi connectivity index (χ1v) is 12.0. The van der Waals surface area contributed by atoms with Crippen molar-refractivity contribution in [1.82, 2.24) is 4.72 Å². The van der Waals surface area contributed by atoms with E-state index in [-0.39, 0.29) is 10.5 Å². The maximum atomic E-state index is 12.8. The lowest BCUT2D eigenvalue weighted by Crippen LogP contribution is -2.27. The number of nitrogens with one attached hydrogen (secondary N) is 3. The van der Waals surface area contributed by atoms with Crippen LogP contribution in [-0.2, 0) is 14.8 Å². The Morgan fingerprint density at radius 3 is 2.42 bits per heavy atom. The molecule has 178 valence electrons. The van der Waals surface area contributed by atoms with Gasteiger partial charge in [0.1, 0.15) is 11.4 Å². The van der Waals surface area contributed by atoms with Crippen molar-refractivity contribution in [3.05, 3.63) is 48.0 Å². The van der Waals surface area contributed by atoms with Crippen LogP contribution in [0.4, 0.5) is 16.2 Å². The molecule has 0 bridgehead atoms. The van der Waals surface area contributed by atoms with Gasteiger partial charge in [0.15, 0.2) is 0 Å². The van der Waals surface area contributed by atoms with Crippen molar-refractivity contribution in [3.8, 4) is 5.75 Å². The van der Waals surface area contributed by atoms with Crippen LogP contribution in [-0.4, -0.2) is 39.7 Å². The van der Waals surface area contributed by atoms with E-state index in [1.807, 2.05) is 0 Å². The molecule has 0 aromatic heterocycles. The molecule has 2 aromatic rings. The van der Waals surface area contributed by atoms with Crippen molar-refractivity contribution < 1.29 is 27.5 Å². The van der Waals surface area contributed by atoms with Crippen LogP contribution in [0.5, 0.6) is 5.75 Å². The van der Waals surface area contributed by atoms with Crippen LogP contribution < -0.4 is 20.1 Å². The molecule has 33 heavy (non-hydrogen) atoms. The van der Waals surface area contributed by atoms with Crippen molar-refractivity contribution in [3.63, 3.8) is 0 Å². The summed E-state index contributed by atoms with van der Waals surface area (Å²) in [6.45, 7) is 5.64. The number of hydrogen-bond donors (Lipinski definition) is 3. The zero-order valence-corrected chi connectivity index (χ0v) is 19.9. The van der Waals surface area contributed by atoms with Gasteiger partial charge in [0.25, 0.3) is 5.91 Å². The number of carbonyl (C=O) groups excluding carboxylic acids is 2. The molecule has 0 spiro atoms. The summed E-state index contributed by atoms with van der Waals surface area (Å²) in [4.78, 5) is 24.9. The number of ether oxygens (including phenoxy) is 2. The molecule has 2 aromatic carbocycles. The van der Waals surface area contributed by atoms with Crippen LogP contribution in [0.15, 0.2) is 47.4 Å². The summed E-state index contributed by atoms with van der Waals surface area (Å²) >= 11 is 0. The molecule has 0 aliphatic heterocycles. The molecule has 10 heteroatoms. The molecule has 2 amide bonds. The fraction of sp³-hybridized carbons (Fsp3) is 0.391. The van der Waals surface area contributed by atoms with Gasteiger partial charge in [-0.1, -0.05) is 6.07 Å². The van der Waals surface area contributed by atoms with Crippen LogP contribution in [0.25, 0.3) is 0 Å². The second-order valence-electron chi connectivity index (χ2n) is 8.82. The summed E-state index contributed by atoms with van der Waals surface area (Å²) in [5.74, 6) is 0.279. The minimum atomic E-state index is -3.70. The largest absolute Gasteiger partial charge is 0.495 e. The molecule has 0 unspecified atom stereocenters. The summed E-state index contributed by atoms with van der Waals surface area (Å²) in [5, 5.41) is 5.31. The number of amides is 2. The van der Waals surface area contributed by atoms with E-state index in [1.54, 1.807) is 32.9 Å². The highest BCUT2D eigenvalue weighted by Crippen LogP contribution is 2.29. The van der Waals surface area contributed by atoms with Gasteiger partial charge >= 0.3 is 6.09 Å². The molecular weight excluding hydrogens is 446 g/mol. The molecule has 0 atom stereocenters. The lowest BCUT2D eigenvalue weighted by molar-refractivity contribution is 0.0635. The van der Waals surface area contributed by atoms with Crippen LogP contribution in [0.1, 0.15) is 44.0 Å². The van der Waals surface area contributed by atoms with E-state index in [9.17, 15) is 18.0 Å². The Kier molecular flexibility index (Phi) is 7.28. The number of methoxy groups -OCH3 is 1. The fourth-order valence-corrected chi connectivity index (χ4v) is 4.10. The SMILES string of the molecule is COc1ccc(NC(=O)c2cccc(S(=O)(=O)NCC3CC3)c2)cc1NC(=O)OC(C)(C)C. The number of benzene rings is 2. The Morgan fingerprint density at radius 2 is 1.79 bits per heavy atom. The monoisotopic (exact) mass is 475 g/mol. The first-order valence-electron chi connectivity index (χ1n) is 10.6. The van der Waals surface area contributed by atoms with Gasteiger partial charge in [0.2, 0.25) is 10.0 Å². The van der Waals surface area contributed by atoms with Gasteiger partial charge in [-0.05, 0) is 75.9 Å². The molecule has 9 nitrogen and oxygen atoms in total. The van der Waals surface area contributed by atoms with Crippen molar-refractivity contribution >= 4 is 33.4 Å². The van der Waals surface area contributed by atoms with E-state index < -0.39 is 27.6 Å². The van der Waals surface area contributed by atoms with Crippen molar-refractivity contribution in [1.29, 1.82) is 0 Å². The number of hydrogen-bond acceptors (Lipinski definition) is 6. The third kappa shape index (κ3) is 7.19. The van der Waals surface area contributed by atoms with Gasteiger partial charge in [-0.25, -0.2) is 17.9 Å². The topological polar surface area (TPSA) is 123 Å². The number of sulfonamides is 1. The van der Waals surface area contributed by atoms with E-state index in [0.29, 0.717) is 29.6 Å². The number of anilines is 2. The van der Waals surface area contributed by atoms with Crippen molar-refractivity contribution in [2.24, 2.45) is 5.92 Å². The average molecular weight is 476 g/mol. The van der Waals surface area contributed by atoms with Gasteiger partial charge in [-0.3, -0.25) is 10.1 Å². The Balaban J connectivity index is 1.74. The van der Waals surface area contributed by atoms with Crippen LogP contribution in [0, 0.1) is 5.92 Å². The molecule has 1 aliphatic carbocycles. The third-order valence-corrected chi connectivity index (χ3v) is 6.18. The van der Waals surface area contributed by atoms with Crippen molar-refractivity contribution in [2.45, 2.75) is 44.1 Å². The van der Waals surface area contributed by atoms with Gasteiger partial charge in [0, 0.05) is 17.8 Å². The molecular formula is C23H29N3O6S. The summed E-state index contributed by atoms with van der Waals surface area (Å²) in [7, 11) is -2.24. The molecule has 0 radical (unpaired) electrons. The standard InChI is InChI=1S/C23H29N3O6S/c1-23(2,3)32-22(28)26-19-13-17(10-11-20(19)31-4)25-21(27)16-6-5-7-18(12-16)33(29,30)24-14-15-8-9-15/h5-7,10-13,15,24H,8-9,14H2,1-4H3,(H,25,27)(H,26,28). The van der Waals surface area contributed by atoms with Gasteiger partial charge in [-0.2, -0.15) is 0 Å². The Morgan fingerprint density at radius 1 is 1.06 bits per heavy atom. The number of rotatable bonds is 8. The Bertz CT molecular complexity index is 1140. The van der Waals surface area contributed by atoms with Crippen LogP contribution in [0.3, 0.4) is 0 Å². The third-order valence-electron chi connectivity index (χ3n) is 4.76. The molecule has 3 N–H and O–H groups in total. The Hall–Kier alpha value is -3.11. The van der Waals surface area contributed by atoms with Gasteiger partial charge in [0.05, 0.1) is 17.7 Å². The number of carbonyl (C=O) groups is 2. The minimum absolute atomic E-state index is 0.0258. The predicted octanol–water partition coefficient (Wildman–Crippen LogP) is 3.98. The van der Waals surface area contributed by atoms with E-state index >= 15 is 0 Å². The van der Waals surface area contributed by atoms with Crippen LogP contribution >= 0.6 is 0 Å². The average Bonchev–Trinajstić information content (AvgIpc) is 3.56. The normalized spacial score (nSPS) is 13.8. The summed E-state index contributed by atoms with van der Waals surface area (Å²) in [6.07, 6.45) is 1.38. The van der Waals surface area contributed by atoms with Gasteiger partial charge < -0.3 is 14.8 Å². The quantitative estimate of drug-likeness (QED) is 0.531. The Labute approximate surface area is 193 Å². The van der Waals surface area contributed by atoms with E-state index in [4.69, 9.17) is 9.47 Å². The van der Waals surface area contributed by atoms with E-state index in [1.165, 1.54) is 37.4 Å². The molecule has 0 heterocycles. The predicted molar refractivity (Wildman–Crippen MR) is 125 cm³/mol. The van der Waals surface area contributed by atoms with E-state index in [2.05, 4.69) is 15.4 Å². The highest BCUT2D eigenvalue weighted by Gasteiger charge is 2.25. The molecule has 1 aliphatic rings. The lowest BCUT2D eigenvalue weighted by Gasteiger charge is -2.20. The zero-order valence-electron chi connectivity index (χ0n) is 19.1. The van der Waals surface area contributed by atoms with Gasteiger partial charge in [-0.15, -0.1) is 0 Å². The maximum absolute atomic E-state index is 12.8. The minimum Gasteiger partial charge on any atom is -0.495 e. The first-order chi connectivity index (χ1) is 15.5. The summed E-state index contributed by atoms with van der Waals surface area (Å²) < 4.78 is 38.1. The second-order valence-corrected chi connectivity index (χ2v) is 10.6. The highest BCUT2D eigenvalue weighted by atomic mass is 32.2. The lowest BCUT2D eigenvalue weighted by atomic mass is 10.2. The maximum Gasteiger partial charge on any atom is 0.412 e. The van der Waals surface area contributed by atoms with Crippen LogP contribution in [0.2, 0.25) is 0 Å². The summed E-state index contributed by atoms with van der Waals surface area (Å²) in [5.41, 5.74) is 0.195. The smallest absolute Gasteiger partial charge is 0.412 e. The first kappa shape index (κ1) is 24.5. The van der Waals surface area contributed by atoms with Crippen molar-refractivity contribution in [2.75, 3.05) is 24.3 Å². The zero-order chi connectivity index (χ0) is 24.2.